The highest BCUT2D eigenvalue weighted by Gasteiger charge is 2.30. The van der Waals surface area contributed by atoms with Crippen LogP contribution in [0.25, 0.3) is 0 Å². The first-order chi connectivity index (χ1) is 8.50. The van der Waals surface area contributed by atoms with Crippen LogP contribution < -0.4 is 10.9 Å². The molecule has 0 saturated carbocycles. The molecular formula is C12H17N3O3. The summed E-state index contributed by atoms with van der Waals surface area (Å²) in [7, 11) is 0. The maximum atomic E-state index is 12.2. The number of aliphatic carboxylic acids is 1. The van der Waals surface area contributed by atoms with Crippen molar-refractivity contribution in [1.29, 1.82) is 0 Å². The number of nitrogens with zero attached hydrogens (tertiary/aromatic N) is 2. The summed E-state index contributed by atoms with van der Waals surface area (Å²) < 4.78 is 1.30. The first kappa shape index (κ1) is 12.6. The van der Waals surface area contributed by atoms with Crippen LogP contribution >= 0.6 is 0 Å². The lowest BCUT2D eigenvalue weighted by molar-refractivity contribution is -0.140. The fraction of sp³-hybridized carbons (Fsp3) is 0.583. The Balaban J connectivity index is 2.35. The zero-order chi connectivity index (χ0) is 13.3. The molecule has 0 radical (unpaired) electrons. The summed E-state index contributed by atoms with van der Waals surface area (Å²) >= 11 is 0. The normalized spacial score (nSPS) is 17.8. The molecule has 0 aliphatic carbocycles. The van der Waals surface area contributed by atoms with Crippen molar-refractivity contribution >= 4 is 11.7 Å². The van der Waals surface area contributed by atoms with Crippen molar-refractivity contribution in [2.45, 2.75) is 32.7 Å². The van der Waals surface area contributed by atoms with Gasteiger partial charge in [0.05, 0.1) is 6.20 Å². The smallest absolute Gasteiger partial charge is 0.326 e. The third-order valence-electron chi connectivity index (χ3n) is 3.01. The highest BCUT2D eigenvalue weighted by atomic mass is 16.4. The Morgan fingerprint density at radius 1 is 1.67 bits per heavy atom. The molecule has 0 fully saturated rings. The molecular weight excluding hydrogens is 234 g/mol. The molecule has 2 heterocycles. The molecule has 6 nitrogen and oxygen atoms in total. The van der Waals surface area contributed by atoms with E-state index in [0.29, 0.717) is 36.8 Å². The first-order valence-electron chi connectivity index (χ1n) is 6.07. The van der Waals surface area contributed by atoms with Crippen molar-refractivity contribution < 1.29 is 9.90 Å². The van der Waals surface area contributed by atoms with E-state index >= 15 is 0 Å². The summed E-state index contributed by atoms with van der Waals surface area (Å²) in [5.41, 5.74) is 0.0890. The van der Waals surface area contributed by atoms with Gasteiger partial charge in [-0.05, 0) is 12.3 Å². The highest BCUT2D eigenvalue weighted by molar-refractivity contribution is 5.72. The number of aromatic nitrogens is 2. The second-order valence-electron chi connectivity index (χ2n) is 4.93. The van der Waals surface area contributed by atoms with E-state index in [4.69, 9.17) is 5.11 Å². The molecule has 0 aromatic carbocycles. The average Bonchev–Trinajstić information content (AvgIpc) is 2.72. The van der Waals surface area contributed by atoms with E-state index in [0.717, 1.165) is 0 Å². The Bertz CT molecular complexity index is 522. The monoisotopic (exact) mass is 251 g/mol. The SMILES string of the molecule is CC(C)CNc1cnc2n(c1=O)[C@H](C(=O)O)CC2. The second-order valence-corrected chi connectivity index (χ2v) is 4.93. The summed E-state index contributed by atoms with van der Waals surface area (Å²) in [5, 5.41) is 12.1. The lowest BCUT2D eigenvalue weighted by Crippen LogP contribution is -2.30. The van der Waals surface area contributed by atoms with Crippen LogP contribution in [0.5, 0.6) is 0 Å². The van der Waals surface area contributed by atoms with Gasteiger partial charge in [0, 0.05) is 13.0 Å². The minimum Gasteiger partial charge on any atom is -0.480 e. The van der Waals surface area contributed by atoms with Gasteiger partial charge >= 0.3 is 5.97 Å². The second kappa shape index (κ2) is 4.80. The Hall–Kier alpha value is -1.85. The molecule has 2 N–H and O–H groups in total. The van der Waals surface area contributed by atoms with Crippen molar-refractivity contribution in [3.63, 3.8) is 0 Å². The molecule has 1 aliphatic rings. The Kier molecular flexibility index (Phi) is 3.36. The third kappa shape index (κ3) is 2.23. The third-order valence-corrected chi connectivity index (χ3v) is 3.01. The van der Waals surface area contributed by atoms with Gasteiger partial charge < -0.3 is 10.4 Å². The van der Waals surface area contributed by atoms with E-state index in [-0.39, 0.29) is 5.56 Å². The molecule has 0 amide bonds. The lowest BCUT2D eigenvalue weighted by Gasteiger charge is -2.13. The van der Waals surface area contributed by atoms with E-state index in [1.165, 1.54) is 10.8 Å². The fourth-order valence-corrected chi connectivity index (χ4v) is 2.07. The summed E-state index contributed by atoms with van der Waals surface area (Å²) in [4.78, 5) is 27.4. The lowest BCUT2D eigenvalue weighted by atomic mass is 10.2. The molecule has 1 atom stereocenters. The van der Waals surface area contributed by atoms with Gasteiger partial charge in [-0.2, -0.15) is 0 Å². The van der Waals surface area contributed by atoms with E-state index < -0.39 is 12.0 Å². The average molecular weight is 251 g/mol. The van der Waals surface area contributed by atoms with Crippen molar-refractivity contribution in [3.05, 3.63) is 22.4 Å². The van der Waals surface area contributed by atoms with Crippen LogP contribution in [0, 0.1) is 5.92 Å². The summed E-state index contributed by atoms with van der Waals surface area (Å²) in [6.07, 6.45) is 2.47. The number of anilines is 1. The predicted octanol–water partition coefficient (Wildman–Crippen LogP) is 0.883. The zero-order valence-corrected chi connectivity index (χ0v) is 10.5. The van der Waals surface area contributed by atoms with Crippen LogP contribution in [0.1, 0.15) is 32.1 Å². The van der Waals surface area contributed by atoms with Gasteiger partial charge in [0.15, 0.2) is 0 Å². The molecule has 6 heteroatoms. The molecule has 0 bridgehead atoms. The first-order valence-corrected chi connectivity index (χ1v) is 6.07. The summed E-state index contributed by atoms with van der Waals surface area (Å²) in [5.74, 6) is -0.0147. The predicted molar refractivity (Wildman–Crippen MR) is 66.8 cm³/mol. The van der Waals surface area contributed by atoms with Crippen molar-refractivity contribution in [1.82, 2.24) is 9.55 Å². The van der Waals surface area contributed by atoms with Gasteiger partial charge in [-0.25, -0.2) is 9.78 Å². The number of hydrogen-bond acceptors (Lipinski definition) is 4. The maximum absolute atomic E-state index is 12.2. The summed E-state index contributed by atoms with van der Waals surface area (Å²) in [6.45, 7) is 4.73. The van der Waals surface area contributed by atoms with Gasteiger partial charge in [-0.1, -0.05) is 13.8 Å². The van der Waals surface area contributed by atoms with E-state index in [1.54, 1.807) is 0 Å². The number of nitrogens with one attached hydrogen (secondary N) is 1. The minimum absolute atomic E-state index is 0.287. The largest absolute Gasteiger partial charge is 0.480 e. The number of fused-ring (bicyclic) bond motifs is 1. The maximum Gasteiger partial charge on any atom is 0.326 e. The number of carboxylic acids is 1. The Morgan fingerprint density at radius 3 is 3.00 bits per heavy atom. The Morgan fingerprint density at radius 2 is 2.39 bits per heavy atom. The van der Waals surface area contributed by atoms with Gasteiger partial charge in [-0.3, -0.25) is 9.36 Å². The highest BCUT2D eigenvalue weighted by Crippen LogP contribution is 2.22. The number of carbonyl (C=O) groups is 1. The van der Waals surface area contributed by atoms with Crippen LogP contribution in [0.2, 0.25) is 0 Å². The fourth-order valence-electron chi connectivity index (χ4n) is 2.07. The Labute approximate surface area is 105 Å². The number of aryl methyl sites for hydroxylation is 1. The van der Waals surface area contributed by atoms with E-state index in [9.17, 15) is 9.59 Å². The van der Waals surface area contributed by atoms with Gasteiger partial charge in [0.1, 0.15) is 17.6 Å². The van der Waals surface area contributed by atoms with Gasteiger partial charge in [0.25, 0.3) is 5.56 Å². The molecule has 0 spiro atoms. The summed E-state index contributed by atoms with van der Waals surface area (Å²) in [6, 6.07) is -0.777. The van der Waals surface area contributed by atoms with Crippen LogP contribution in [0.15, 0.2) is 11.0 Å². The van der Waals surface area contributed by atoms with Crippen LogP contribution in [-0.4, -0.2) is 27.2 Å². The van der Waals surface area contributed by atoms with E-state index in [1.807, 2.05) is 13.8 Å². The van der Waals surface area contributed by atoms with Crippen LogP contribution in [0.3, 0.4) is 0 Å². The zero-order valence-electron chi connectivity index (χ0n) is 10.5. The molecule has 0 saturated heterocycles. The van der Waals surface area contributed by atoms with Crippen molar-refractivity contribution in [2.24, 2.45) is 5.92 Å². The van der Waals surface area contributed by atoms with Crippen LogP contribution in [0.4, 0.5) is 5.69 Å². The molecule has 1 aliphatic heterocycles. The number of hydrogen-bond donors (Lipinski definition) is 2. The number of rotatable bonds is 4. The molecule has 1 aromatic rings. The van der Waals surface area contributed by atoms with Gasteiger partial charge in [-0.15, -0.1) is 0 Å². The molecule has 18 heavy (non-hydrogen) atoms. The van der Waals surface area contributed by atoms with Crippen molar-refractivity contribution in [3.8, 4) is 0 Å². The minimum atomic E-state index is -0.973. The quantitative estimate of drug-likeness (QED) is 0.830. The van der Waals surface area contributed by atoms with Gasteiger partial charge in [0.2, 0.25) is 0 Å². The van der Waals surface area contributed by atoms with E-state index in [2.05, 4.69) is 10.3 Å². The standard InChI is InChI=1S/C12H17N3O3/c1-7(2)5-13-8-6-14-10-4-3-9(12(17)18)15(10)11(8)16/h6-7,9,13H,3-5H2,1-2H3,(H,17,18)/t9-/m0/s1. The molecule has 1 aromatic heterocycles. The number of carboxylic acid groups (broad SMARTS) is 1. The molecule has 0 unspecified atom stereocenters. The topological polar surface area (TPSA) is 84.2 Å². The van der Waals surface area contributed by atoms with Crippen molar-refractivity contribution in [2.75, 3.05) is 11.9 Å². The molecule has 98 valence electrons. The van der Waals surface area contributed by atoms with Crippen LogP contribution in [-0.2, 0) is 11.2 Å². The molecule has 2 rings (SSSR count).